The van der Waals surface area contributed by atoms with Crippen molar-refractivity contribution in [1.82, 2.24) is 10.3 Å². The van der Waals surface area contributed by atoms with E-state index in [9.17, 15) is 9.59 Å². The van der Waals surface area contributed by atoms with Gasteiger partial charge in [0.25, 0.3) is 0 Å². The van der Waals surface area contributed by atoms with Crippen molar-refractivity contribution in [2.24, 2.45) is 0 Å². The maximum Gasteiger partial charge on any atom is 0.246 e. The van der Waals surface area contributed by atoms with Gasteiger partial charge in [0.2, 0.25) is 11.8 Å². The molecule has 2 amide bonds. The van der Waals surface area contributed by atoms with Gasteiger partial charge in [-0.05, 0) is 37.6 Å². The third-order valence-corrected chi connectivity index (χ3v) is 4.21. The zero-order valence-corrected chi connectivity index (χ0v) is 12.9. The number of hydrogen-bond acceptors (Lipinski definition) is 5. The number of hydrogen-bond donors (Lipinski definition) is 3. The molecule has 7 heteroatoms. The lowest BCUT2D eigenvalue weighted by Crippen LogP contribution is -2.37. The Morgan fingerprint density at radius 1 is 1.32 bits per heavy atom. The predicted octanol–water partition coefficient (Wildman–Crippen LogP) is 2.41. The zero-order chi connectivity index (χ0) is 15.5. The number of nitrogens with one attached hydrogen (secondary N) is 3. The van der Waals surface area contributed by atoms with Crippen molar-refractivity contribution in [2.75, 3.05) is 10.6 Å². The molecule has 0 bridgehead atoms. The van der Waals surface area contributed by atoms with Crippen LogP contribution in [0.2, 0.25) is 0 Å². The molecule has 1 fully saturated rings. The van der Waals surface area contributed by atoms with Crippen molar-refractivity contribution in [3.8, 4) is 0 Å². The summed E-state index contributed by atoms with van der Waals surface area (Å²) in [5.41, 5.74) is 2.59. The Labute approximate surface area is 132 Å². The molecule has 0 radical (unpaired) electrons. The number of amides is 2. The predicted molar refractivity (Wildman–Crippen MR) is 86.4 cm³/mol. The fourth-order valence-electron chi connectivity index (χ4n) is 2.21. The average Bonchev–Trinajstić information content (AvgIpc) is 3.10. The fourth-order valence-corrected chi connectivity index (χ4v) is 2.92. The first-order chi connectivity index (χ1) is 10.6. The summed E-state index contributed by atoms with van der Waals surface area (Å²) in [5.74, 6) is -0.249. The Hall–Kier alpha value is -2.41. The summed E-state index contributed by atoms with van der Waals surface area (Å²) < 4.78 is 0. The molecule has 0 unspecified atom stereocenters. The molecule has 0 spiro atoms. The van der Waals surface area contributed by atoms with Gasteiger partial charge >= 0.3 is 0 Å². The number of aryl methyl sites for hydroxylation is 1. The zero-order valence-electron chi connectivity index (χ0n) is 12.1. The number of nitrogens with zero attached hydrogens (tertiary/aromatic N) is 1. The van der Waals surface area contributed by atoms with E-state index in [0.29, 0.717) is 18.5 Å². The van der Waals surface area contributed by atoms with Crippen LogP contribution in [0.5, 0.6) is 0 Å². The number of carbonyl (C=O) groups excluding carboxylic acids is 2. The van der Waals surface area contributed by atoms with E-state index in [1.54, 1.807) is 11.3 Å². The summed E-state index contributed by atoms with van der Waals surface area (Å²) in [6.45, 7) is 1.95. The molecule has 1 atom stereocenters. The smallest absolute Gasteiger partial charge is 0.246 e. The second-order valence-electron chi connectivity index (χ2n) is 5.14. The second-order valence-corrected chi connectivity index (χ2v) is 6.00. The van der Waals surface area contributed by atoms with Gasteiger partial charge in [-0.25, -0.2) is 4.98 Å². The van der Waals surface area contributed by atoms with Crippen molar-refractivity contribution in [1.29, 1.82) is 0 Å². The Morgan fingerprint density at radius 3 is 2.64 bits per heavy atom. The molecule has 2 aromatic rings. The molecule has 1 aliphatic rings. The first kappa shape index (κ1) is 14.5. The maximum absolute atomic E-state index is 12.0. The molecular formula is C15H16N4O2S. The van der Waals surface area contributed by atoms with Gasteiger partial charge in [-0.3, -0.25) is 9.59 Å². The SMILES string of the molecule is Cc1csc(Nc2ccc(NC(=O)[C@H]3CCC(=O)N3)cc2)n1. The van der Waals surface area contributed by atoms with Crippen LogP contribution in [0.3, 0.4) is 0 Å². The van der Waals surface area contributed by atoms with E-state index in [1.807, 2.05) is 36.6 Å². The topological polar surface area (TPSA) is 83.1 Å². The molecule has 0 saturated carbocycles. The van der Waals surface area contributed by atoms with E-state index >= 15 is 0 Å². The lowest BCUT2D eigenvalue weighted by Gasteiger charge is -2.11. The van der Waals surface area contributed by atoms with Crippen LogP contribution in [-0.2, 0) is 9.59 Å². The van der Waals surface area contributed by atoms with E-state index in [-0.39, 0.29) is 11.8 Å². The molecule has 6 nitrogen and oxygen atoms in total. The summed E-state index contributed by atoms with van der Waals surface area (Å²) >= 11 is 1.54. The van der Waals surface area contributed by atoms with Crippen LogP contribution in [0.15, 0.2) is 29.6 Å². The van der Waals surface area contributed by atoms with Gasteiger partial charge in [-0.1, -0.05) is 0 Å². The van der Waals surface area contributed by atoms with Gasteiger partial charge in [0, 0.05) is 23.2 Å². The van der Waals surface area contributed by atoms with Crippen LogP contribution < -0.4 is 16.0 Å². The highest BCUT2D eigenvalue weighted by atomic mass is 32.1. The summed E-state index contributed by atoms with van der Waals surface area (Å²) in [6.07, 6.45) is 0.960. The highest BCUT2D eigenvalue weighted by Crippen LogP contribution is 2.22. The Balaban J connectivity index is 1.59. The first-order valence-electron chi connectivity index (χ1n) is 6.99. The third kappa shape index (κ3) is 3.43. The van der Waals surface area contributed by atoms with Crippen molar-refractivity contribution in [2.45, 2.75) is 25.8 Å². The Morgan fingerprint density at radius 2 is 2.05 bits per heavy atom. The minimum absolute atomic E-state index is 0.0709. The standard InChI is InChI=1S/C15H16N4O2S/c1-9-8-22-15(16-9)18-11-4-2-10(3-5-11)17-14(21)12-6-7-13(20)19-12/h2-5,8,12H,6-7H2,1H3,(H,16,18)(H,17,21)(H,19,20)/t12-/m1/s1. The van der Waals surface area contributed by atoms with E-state index < -0.39 is 6.04 Å². The van der Waals surface area contributed by atoms with Crippen LogP contribution in [0.1, 0.15) is 18.5 Å². The monoisotopic (exact) mass is 316 g/mol. The van der Waals surface area contributed by atoms with Crippen LogP contribution in [0, 0.1) is 6.92 Å². The summed E-state index contributed by atoms with van der Waals surface area (Å²) in [6, 6.07) is 6.96. The lowest BCUT2D eigenvalue weighted by atomic mass is 10.2. The highest BCUT2D eigenvalue weighted by Gasteiger charge is 2.26. The number of aromatic nitrogens is 1. The molecule has 22 heavy (non-hydrogen) atoms. The molecule has 3 N–H and O–H groups in total. The minimum atomic E-state index is -0.427. The van der Waals surface area contributed by atoms with Crippen molar-refractivity contribution >= 4 is 39.7 Å². The summed E-state index contributed by atoms with van der Waals surface area (Å²) in [7, 11) is 0. The van der Waals surface area contributed by atoms with Crippen LogP contribution in [-0.4, -0.2) is 22.8 Å². The average molecular weight is 316 g/mol. The Kier molecular flexibility index (Phi) is 4.06. The lowest BCUT2D eigenvalue weighted by molar-refractivity contribution is -0.122. The fraction of sp³-hybridized carbons (Fsp3) is 0.267. The third-order valence-electron chi connectivity index (χ3n) is 3.33. The van der Waals surface area contributed by atoms with Crippen molar-refractivity contribution in [3.05, 3.63) is 35.3 Å². The van der Waals surface area contributed by atoms with E-state index in [1.165, 1.54) is 0 Å². The number of carbonyl (C=O) groups is 2. The first-order valence-corrected chi connectivity index (χ1v) is 7.87. The second kappa shape index (κ2) is 6.15. The van der Waals surface area contributed by atoms with Crippen LogP contribution >= 0.6 is 11.3 Å². The Bertz CT molecular complexity index is 696. The molecule has 0 aliphatic carbocycles. The van der Waals surface area contributed by atoms with Gasteiger partial charge < -0.3 is 16.0 Å². The van der Waals surface area contributed by atoms with E-state index in [2.05, 4.69) is 20.9 Å². The molecular weight excluding hydrogens is 300 g/mol. The molecule has 1 aromatic heterocycles. The maximum atomic E-state index is 12.0. The molecule has 3 rings (SSSR count). The van der Waals surface area contributed by atoms with Crippen molar-refractivity contribution in [3.63, 3.8) is 0 Å². The molecule has 1 aromatic carbocycles. The highest BCUT2D eigenvalue weighted by molar-refractivity contribution is 7.13. The number of benzene rings is 1. The van der Waals surface area contributed by atoms with E-state index in [4.69, 9.17) is 0 Å². The van der Waals surface area contributed by atoms with Crippen molar-refractivity contribution < 1.29 is 9.59 Å². The van der Waals surface area contributed by atoms with Gasteiger partial charge in [0.15, 0.2) is 5.13 Å². The molecule has 1 aliphatic heterocycles. The van der Waals surface area contributed by atoms with Gasteiger partial charge in [-0.2, -0.15) is 0 Å². The molecule has 2 heterocycles. The summed E-state index contributed by atoms with van der Waals surface area (Å²) in [4.78, 5) is 27.4. The van der Waals surface area contributed by atoms with Gasteiger partial charge in [0.05, 0.1) is 5.69 Å². The quantitative estimate of drug-likeness (QED) is 0.809. The number of anilines is 3. The van der Waals surface area contributed by atoms with Gasteiger partial charge in [0.1, 0.15) is 6.04 Å². The van der Waals surface area contributed by atoms with Gasteiger partial charge in [-0.15, -0.1) is 11.3 Å². The molecule has 114 valence electrons. The van der Waals surface area contributed by atoms with Crippen LogP contribution in [0.25, 0.3) is 0 Å². The largest absolute Gasteiger partial charge is 0.344 e. The van der Waals surface area contributed by atoms with E-state index in [0.717, 1.165) is 16.5 Å². The number of thiazole rings is 1. The normalized spacial score (nSPS) is 17.1. The summed E-state index contributed by atoms with van der Waals surface area (Å²) in [5, 5.41) is 11.5. The number of rotatable bonds is 4. The van der Waals surface area contributed by atoms with Crippen LogP contribution in [0.4, 0.5) is 16.5 Å². The molecule has 1 saturated heterocycles. The minimum Gasteiger partial charge on any atom is -0.344 e.